The lowest BCUT2D eigenvalue weighted by Gasteiger charge is -2.30. The zero-order valence-electron chi connectivity index (χ0n) is 20.6. The number of amides is 2. The minimum atomic E-state index is -1.18. The van der Waals surface area contributed by atoms with Gasteiger partial charge in [-0.25, -0.2) is 14.4 Å². The number of halogens is 1. The number of carbonyl (C=O) groups excluding carboxylic acids is 2. The smallest absolute Gasteiger partial charge is 0.255 e. The molecule has 0 spiro atoms. The monoisotopic (exact) mass is 526 g/mol. The SMILES string of the molecule is CNC(=O)[C@H]1CC[C@H](NC(=O)c2cnc(Nc3ccc4ncsc4c3)cc2N[C@H]2CCOC[C@@H]2F)CC1. The molecule has 1 aliphatic carbocycles. The molecule has 1 aliphatic heterocycles. The van der Waals surface area contributed by atoms with E-state index in [1.165, 1.54) is 6.20 Å². The average molecular weight is 527 g/mol. The van der Waals surface area contributed by atoms with Crippen LogP contribution in [0.4, 0.5) is 21.6 Å². The van der Waals surface area contributed by atoms with Gasteiger partial charge in [0.1, 0.15) is 12.0 Å². The predicted octanol–water partition coefficient (Wildman–Crippen LogP) is 4.01. The summed E-state index contributed by atoms with van der Waals surface area (Å²) in [6.07, 6.45) is 3.76. The van der Waals surface area contributed by atoms with Crippen molar-refractivity contribution in [2.45, 2.75) is 50.4 Å². The average Bonchev–Trinajstić information content (AvgIpc) is 3.38. The van der Waals surface area contributed by atoms with E-state index in [0.717, 1.165) is 41.6 Å². The number of anilines is 3. The summed E-state index contributed by atoms with van der Waals surface area (Å²) in [5.74, 6) is 0.312. The van der Waals surface area contributed by atoms with Crippen LogP contribution in [0, 0.1) is 5.92 Å². The summed E-state index contributed by atoms with van der Waals surface area (Å²) in [4.78, 5) is 34.0. The Kier molecular flexibility index (Phi) is 7.80. The summed E-state index contributed by atoms with van der Waals surface area (Å²) in [7, 11) is 1.65. The fourth-order valence-corrected chi connectivity index (χ4v) is 5.65. The molecule has 0 unspecified atom stereocenters. The highest BCUT2D eigenvalue weighted by atomic mass is 32.1. The number of ether oxygens (including phenoxy) is 1. The van der Waals surface area contributed by atoms with Crippen LogP contribution in [0.15, 0.2) is 36.0 Å². The number of hydrogen-bond donors (Lipinski definition) is 4. The third-order valence-corrected chi connectivity index (χ3v) is 7.85. The second-order valence-electron chi connectivity index (χ2n) is 9.54. The third-order valence-electron chi connectivity index (χ3n) is 7.06. The summed E-state index contributed by atoms with van der Waals surface area (Å²) in [6.45, 7) is 0.484. The Morgan fingerprint density at radius 3 is 2.73 bits per heavy atom. The third kappa shape index (κ3) is 5.99. The normalized spacial score (nSPS) is 23.8. The van der Waals surface area contributed by atoms with Crippen molar-refractivity contribution in [3.63, 3.8) is 0 Å². The largest absolute Gasteiger partial charge is 0.378 e. The lowest BCUT2D eigenvalue weighted by molar-refractivity contribution is -0.125. The summed E-state index contributed by atoms with van der Waals surface area (Å²) >= 11 is 1.55. The van der Waals surface area contributed by atoms with Crippen molar-refractivity contribution in [2.75, 3.05) is 30.9 Å². The van der Waals surface area contributed by atoms with E-state index in [0.29, 0.717) is 30.1 Å². The molecule has 2 fully saturated rings. The molecule has 1 aromatic carbocycles. The van der Waals surface area contributed by atoms with E-state index < -0.39 is 12.2 Å². The maximum Gasteiger partial charge on any atom is 0.255 e. The molecule has 1 saturated carbocycles. The summed E-state index contributed by atoms with van der Waals surface area (Å²) in [5, 5.41) is 12.3. The van der Waals surface area contributed by atoms with Gasteiger partial charge in [-0.2, -0.15) is 0 Å². The molecule has 2 atom stereocenters. The van der Waals surface area contributed by atoms with E-state index >= 15 is 0 Å². The van der Waals surface area contributed by atoms with Crippen molar-refractivity contribution >= 4 is 50.6 Å². The summed E-state index contributed by atoms with van der Waals surface area (Å²) < 4.78 is 20.9. The predicted molar refractivity (Wildman–Crippen MR) is 142 cm³/mol. The highest BCUT2D eigenvalue weighted by molar-refractivity contribution is 7.16. The molecule has 9 nitrogen and oxygen atoms in total. The molecule has 5 rings (SSSR count). The molecule has 37 heavy (non-hydrogen) atoms. The van der Waals surface area contributed by atoms with Crippen molar-refractivity contribution in [3.8, 4) is 0 Å². The van der Waals surface area contributed by atoms with Gasteiger partial charge in [-0.3, -0.25) is 9.59 Å². The van der Waals surface area contributed by atoms with E-state index in [2.05, 4.69) is 31.2 Å². The molecule has 2 aliphatic rings. The lowest BCUT2D eigenvalue weighted by atomic mass is 9.85. The minimum Gasteiger partial charge on any atom is -0.378 e. The quantitative estimate of drug-likeness (QED) is 0.368. The Hall–Kier alpha value is -3.31. The molecule has 2 amide bonds. The summed E-state index contributed by atoms with van der Waals surface area (Å²) in [5.41, 5.74) is 4.44. The van der Waals surface area contributed by atoms with E-state index in [9.17, 15) is 14.0 Å². The number of nitrogens with one attached hydrogen (secondary N) is 4. The molecule has 196 valence electrons. The molecule has 4 N–H and O–H groups in total. The number of fused-ring (bicyclic) bond motifs is 1. The van der Waals surface area contributed by atoms with Crippen LogP contribution in [0.2, 0.25) is 0 Å². The van der Waals surface area contributed by atoms with Crippen LogP contribution in [0.3, 0.4) is 0 Å². The number of aromatic nitrogens is 2. The first-order valence-corrected chi connectivity index (χ1v) is 13.5. The molecule has 0 radical (unpaired) electrons. The van der Waals surface area contributed by atoms with Crippen molar-refractivity contribution in [1.82, 2.24) is 20.6 Å². The van der Waals surface area contributed by atoms with Gasteiger partial charge in [-0.15, -0.1) is 11.3 Å². The Labute approximate surface area is 218 Å². The molecule has 3 heterocycles. The lowest BCUT2D eigenvalue weighted by Crippen LogP contribution is -2.41. The Morgan fingerprint density at radius 1 is 1.11 bits per heavy atom. The second kappa shape index (κ2) is 11.4. The minimum absolute atomic E-state index is 0.0124. The van der Waals surface area contributed by atoms with Gasteiger partial charge in [0.15, 0.2) is 0 Å². The highest BCUT2D eigenvalue weighted by Crippen LogP contribution is 2.29. The molecular formula is C26H31FN6O3S. The zero-order chi connectivity index (χ0) is 25.8. The number of thiazole rings is 1. The van der Waals surface area contributed by atoms with Gasteiger partial charge in [0, 0.05) is 43.6 Å². The van der Waals surface area contributed by atoms with Crippen LogP contribution in [-0.4, -0.2) is 60.3 Å². The second-order valence-corrected chi connectivity index (χ2v) is 10.4. The number of carbonyl (C=O) groups is 2. The maximum atomic E-state index is 14.6. The van der Waals surface area contributed by atoms with Gasteiger partial charge >= 0.3 is 0 Å². The number of rotatable bonds is 7. The number of hydrogen-bond acceptors (Lipinski definition) is 8. The number of alkyl halides is 1. The fraction of sp³-hybridized carbons (Fsp3) is 0.462. The van der Waals surface area contributed by atoms with Crippen LogP contribution < -0.4 is 21.3 Å². The number of pyridine rings is 1. The standard InChI is InChI=1S/C26H31FN6O3S/c1-28-25(34)15-2-4-16(5-3-15)32-26(35)18-12-29-24(11-22(18)33-20-8-9-36-13-19(20)27)31-17-6-7-21-23(10-17)37-14-30-21/h6-7,10-12,14-16,19-20H,2-5,8-9,13H2,1H3,(H,28,34)(H,32,35)(H2,29,31,33)/t15-,16-,19-,20-/m0/s1. The van der Waals surface area contributed by atoms with E-state index in [-0.39, 0.29) is 30.4 Å². The fourth-order valence-electron chi connectivity index (χ4n) is 4.94. The summed E-state index contributed by atoms with van der Waals surface area (Å²) in [6, 6.07) is 7.10. The van der Waals surface area contributed by atoms with Gasteiger partial charge in [-0.05, 0) is 50.3 Å². The van der Waals surface area contributed by atoms with Crippen molar-refractivity contribution in [2.24, 2.45) is 5.92 Å². The molecule has 1 saturated heterocycles. The zero-order valence-corrected chi connectivity index (χ0v) is 21.4. The highest BCUT2D eigenvalue weighted by Gasteiger charge is 2.29. The molecule has 11 heteroatoms. The van der Waals surface area contributed by atoms with Crippen LogP contribution in [-0.2, 0) is 9.53 Å². The van der Waals surface area contributed by atoms with Crippen molar-refractivity contribution in [3.05, 3.63) is 41.5 Å². The van der Waals surface area contributed by atoms with Gasteiger partial charge in [0.2, 0.25) is 5.91 Å². The Morgan fingerprint density at radius 2 is 1.95 bits per heavy atom. The maximum absolute atomic E-state index is 14.6. The first-order valence-electron chi connectivity index (χ1n) is 12.6. The van der Waals surface area contributed by atoms with E-state index in [1.807, 2.05) is 18.2 Å². The van der Waals surface area contributed by atoms with Crippen molar-refractivity contribution < 1.29 is 18.7 Å². The van der Waals surface area contributed by atoms with Crippen LogP contribution in [0.25, 0.3) is 10.2 Å². The van der Waals surface area contributed by atoms with Gasteiger partial charge < -0.3 is 26.0 Å². The van der Waals surface area contributed by atoms with Gasteiger partial charge in [0.05, 0.1) is 39.6 Å². The molecule has 0 bridgehead atoms. The van der Waals surface area contributed by atoms with Crippen LogP contribution in [0.5, 0.6) is 0 Å². The Balaban J connectivity index is 1.33. The first kappa shape index (κ1) is 25.3. The topological polar surface area (TPSA) is 117 Å². The van der Waals surface area contributed by atoms with Gasteiger partial charge in [-0.1, -0.05) is 0 Å². The Bertz CT molecular complexity index is 1260. The first-order chi connectivity index (χ1) is 18.0. The molecule has 2 aromatic heterocycles. The van der Waals surface area contributed by atoms with Crippen molar-refractivity contribution in [1.29, 1.82) is 0 Å². The number of benzene rings is 1. The molecular weight excluding hydrogens is 495 g/mol. The van der Waals surface area contributed by atoms with Crippen LogP contribution in [0.1, 0.15) is 42.5 Å². The van der Waals surface area contributed by atoms with E-state index in [4.69, 9.17) is 4.74 Å². The van der Waals surface area contributed by atoms with Crippen LogP contribution >= 0.6 is 11.3 Å². The van der Waals surface area contributed by atoms with E-state index in [1.54, 1.807) is 30.0 Å². The number of nitrogens with zero attached hydrogens (tertiary/aromatic N) is 2. The molecule has 3 aromatic rings. The van der Waals surface area contributed by atoms with Gasteiger partial charge in [0.25, 0.3) is 5.91 Å².